The first-order valence-electron chi connectivity index (χ1n) is 8.52. The van der Waals surface area contributed by atoms with Crippen LogP contribution in [0.4, 0.5) is 5.82 Å². The summed E-state index contributed by atoms with van der Waals surface area (Å²) in [4.78, 5) is -0.0851. The van der Waals surface area contributed by atoms with E-state index in [-0.39, 0.29) is 4.90 Å². The molecule has 0 saturated heterocycles. The second-order valence-corrected chi connectivity index (χ2v) is 8.55. The number of nitrogens with two attached hydrogens (primary N) is 2. The average molecular weight is 480 g/mol. The van der Waals surface area contributed by atoms with Crippen LogP contribution < -0.4 is 21.0 Å². The van der Waals surface area contributed by atoms with E-state index >= 15 is 0 Å². The molecule has 0 aliphatic carbocycles. The summed E-state index contributed by atoms with van der Waals surface area (Å²) in [5.41, 5.74) is 7.68. The minimum atomic E-state index is -4.33. The van der Waals surface area contributed by atoms with Gasteiger partial charge in [0.05, 0.1) is 4.90 Å². The molecule has 0 aliphatic heterocycles. The lowest BCUT2D eigenvalue weighted by Gasteiger charge is -2.14. The summed E-state index contributed by atoms with van der Waals surface area (Å²) in [6, 6.07) is 16.2. The van der Waals surface area contributed by atoms with Crippen molar-refractivity contribution in [3.63, 3.8) is 0 Å². The Morgan fingerprint density at radius 2 is 1.55 bits per heavy atom. The van der Waals surface area contributed by atoms with Crippen molar-refractivity contribution in [2.45, 2.75) is 25.7 Å². The fourth-order valence-corrected chi connectivity index (χ4v) is 4.11. The molecule has 0 spiro atoms. The maximum absolute atomic E-state index is 10.8. The first kappa shape index (κ1) is 22.7. The van der Waals surface area contributed by atoms with Crippen LogP contribution in [0, 0.1) is 20.8 Å². The Labute approximate surface area is 178 Å². The third kappa shape index (κ3) is 5.93. The summed E-state index contributed by atoms with van der Waals surface area (Å²) in [6.45, 7) is 5.12. The van der Waals surface area contributed by atoms with Crippen LogP contribution in [-0.2, 0) is 10.1 Å². The number of anilines is 1. The van der Waals surface area contributed by atoms with Gasteiger partial charge in [0.15, 0.2) is 0 Å². The molecule has 0 saturated carbocycles. The predicted octanol–water partition coefficient (Wildman–Crippen LogP) is 3.34. The number of aromatic nitrogens is 1. The SMILES string of the molecule is Cc1cc(C)c(S(=O)(=O)[O-])c(C)c1.Nc1ccc(Br)c(Oc2ccccc2)[n+]1N. The normalized spacial score (nSPS) is 10.8. The van der Waals surface area contributed by atoms with Crippen LogP contribution in [0.1, 0.15) is 16.7 Å². The standard InChI is InChI=1S/C11H10BrN3O.C9H12O3S/c12-9-6-7-10(13)15(14)11(9)16-8-4-2-1-3-5-8;1-6-4-7(2)9(8(3)5-6)13(10,11)12/h1-7,13H,14H2;4-5H,1-3H3,(H,10,11,12). The van der Waals surface area contributed by atoms with Gasteiger partial charge in [-0.05, 0) is 66.0 Å². The highest BCUT2D eigenvalue weighted by Gasteiger charge is 2.15. The summed E-state index contributed by atoms with van der Waals surface area (Å²) < 4.78 is 40.2. The molecule has 0 unspecified atom stereocenters. The zero-order valence-corrected chi connectivity index (χ0v) is 18.6. The van der Waals surface area contributed by atoms with Crippen molar-refractivity contribution < 1.29 is 22.4 Å². The zero-order chi connectivity index (χ0) is 21.8. The van der Waals surface area contributed by atoms with Gasteiger partial charge in [-0.2, -0.15) is 0 Å². The van der Waals surface area contributed by atoms with Gasteiger partial charge in [-0.3, -0.25) is 11.6 Å². The highest BCUT2D eigenvalue weighted by molar-refractivity contribution is 9.10. The second-order valence-electron chi connectivity index (χ2n) is 6.38. The minimum Gasteiger partial charge on any atom is -0.744 e. The molecule has 154 valence electrons. The van der Waals surface area contributed by atoms with Gasteiger partial charge >= 0.3 is 5.88 Å². The lowest BCUT2D eigenvalue weighted by molar-refractivity contribution is -0.629. The van der Waals surface area contributed by atoms with Crippen LogP contribution in [0.25, 0.3) is 0 Å². The smallest absolute Gasteiger partial charge is 0.328 e. The topological polar surface area (TPSA) is 122 Å². The number of nitrogens with zero attached hydrogens (tertiary/aromatic N) is 1. The molecule has 0 fully saturated rings. The predicted molar refractivity (Wildman–Crippen MR) is 114 cm³/mol. The zero-order valence-electron chi connectivity index (χ0n) is 16.2. The molecule has 7 nitrogen and oxygen atoms in total. The van der Waals surface area contributed by atoms with Gasteiger partial charge in [-0.15, -0.1) is 0 Å². The van der Waals surface area contributed by atoms with Crippen LogP contribution in [0.5, 0.6) is 11.6 Å². The molecule has 3 aromatic rings. The summed E-state index contributed by atoms with van der Waals surface area (Å²) in [5.74, 6) is 7.36. The maximum atomic E-state index is 10.8. The van der Waals surface area contributed by atoms with E-state index in [1.807, 2.05) is 37.3 Å². The molecule has 0 atom stereocenters. The van der Waals surface area contributed by atoms with Crippen molar-refractivity contribution in [2.75, 3.05) is 11.6 Å². The Kier molecular flexibility index (Phi) is 7.23. The Morgan fingerprint density at radius 3 is 2.07 bits per heavy atom. The van der Waals surface area contributed by atoms with Crippen molar-refractivity contribution >= 4 is 31.9 Å². The quantitative estimate of drug-likeness (QED) is 0.337. The highest BCUT2D eigenvalue weighted by Crippen LogP contribution is 2.26. The van der Waals surface area contributed by atoms with E-state index in [2.05, 4.69) is 15.9 Å². The van der Waals surface area contributed by atoms with E-state index in [1.165, 1.54) is 4.68 Å². The first-order chi connectivity index (χ1) is 13.5. The van der Waals surface area contributed by atoms with Gasteiger partial charge in [0.2, 0.25) is 0 Å². The van der Waals surface area contributed by atoms with E-state index < -0.39 is 10.1 Å². The lowest BCUT2D eigenvalue weighted by atomic mass is 10.1. The van der Waals surface area contributed by atoms with Gasteiger partial charge in [0.25, 0.3) is 5.82 Å². The van der Waals surface area contributed by atoms with Gasteiger partial charge in [-0.1, -0.05) is 40.6 Å². The maximum Gasteiger partial charge on any atom is 0.328 e. The third-order valence-corrected chi connectivity index (χ3v) is 5.66. The Bertz CT molecular complexity index is 1100. The monoisotopic (exact) mass is 479 g/mol. The molecule has 29 heavy (non-hydrogen) atoms. The molecule has 0 amide bonds. The lowest BCUT2D eigenvalue weighted by Crippen LogP contribution is -2.48. The second kappa shape index (κ2) is 9.25. The Morgan fingerprint density at radius 1 is 1.00 bits per heavy atom. The van der Waals surface area contributed by atoms with Crippen LogP contribution in [0.2, 0.25) is 0 Å². The van der Waals surface area contributed by atoms with Gasteiger partial charge < -0.3 is 9.29 Å². The molecule has 1 heterocycles. The fourth-order valence-electron chi connectivity index (χ4n) is 2.80. The van der Waals surface area contributed by atoms with Crippen LogP contribution in [0.3, 0.4) is 0 Å². The summed E-state index contributed by atoms with van der Waals surface area (Å²) in [7, 11) is -4.33. The molecule has 0 bridgehead atoms. The molecule has 0 aliphatic rings. The summed E-state index contributed by atoms with van der Waals surface area (Å²) in [6.07, 6.45) is 0. The van der Waals surface area contributed by atoms with Crippen molar-refractivity contribution in [3.8, 4) is 11.6 Å². The first-order valence-corrected chi connectivity index (χ1v) is 10.7. The van der Waals surface area contributed by atoms with E-state index in [0.717, 1.165) is 10.0 Å². The molecule has 9 heteroatoms. The molecule has 0 radical (unpaired) electrons. The highest BCUT2D eigenvalue weighted by atomic mass is 79.9. The van der Waals surface area contributed by atoms with Crippen LogP contribution in [0.15, 0.2) is 64.0 Å². The number of rotatable bonds is 3. The average Bonchev–Trinajstić information content (AvgIpc) is 2.61. The van der Waals surface area contributed by atoms with Crippen molar-refractivity contribution in [1.29, 1.82) is 0 Å². The molecule has 3 rings (SSSR count). The van der Waals surface area contributed by atoms with Gasteiger partial charge in [-0.25, -0.2) is 8.42 Å². The van der Waals surface area contributed by atoms with Gasteiger partial charge in [0, 0.05) is 6.07 Å². The molecular formula is C20H22BrN3O4S. The number of hydrogen-bond donors (Lipinski definition) is 2. The molecule has 4 N–H and O–H groups in total. The fraction of sp³-hybridized carbons (Fsp3) is 0.150. The van der Waals surface area contributed by atoms with E-state index in [9.17, 15) is 13.0 Å². The number of ether oxygens (including phenoxy) is 1. The molecular weight excluding hydrogens is 458 g/mol. The number of para-hydroxylation sites is 1. The Balaban J connectivity index is 0.000000212. The van der Waals surface area contributed by atoms with Crippen molar-refractivity contribution in [1.82, 2.24) is 0 Å². The van der Waals surface area contributed by atoms with Gasteiger partial charge in [0.1, 0.15) is 20.3 Å². The molecule has 1 aromatic heterocycles. The van der Waals surface area contributed by atoms with E-state index in [4.69, 9.17) is 16.3 Å². The largest absolute Gasteiger partial charge is 0.744 e. The summed E-state index contributed by atoms with van der Waals surface area (Å²) >= 11 is 3.36. The van der Waals surface area contributed by atoms with Crippen LogP contribution in [-0.4, -0.2) is 13.0 Å². The number of benzene rings is 2. The number of pyridine rings is 1. The third-order valence-electron chi connectivity index (χ3n) is 3.91. The van der Waals surface area contributed by atoms with Crippen LogP contribution >= 0.6 is 15.9 Å². The number of hydrogen-bond acceptors (Lipinski definition) is 6. The molecule has 2 aromatic carbocycles. The number of aryl methyl sites for hydroxylation is 3. The minimum absolute atomic E-state index is 0.0851. The number of halogens is 1. The van der Waals surface area contributed by atoms with E-state index in [0.29, 0.717) is 28.6 Å². The van der Waals surface area contributed by atoms with Crippen molar-refractivity contribution in [2.24, 2.45) is 0 Å². The summed E-state index contributed by atoms with van der Waals surface area (Å²) in [5, 5.41) is 0. The van der Waals surface area contributed by atoms with E-state index in [1.54, 1.807) is 38.1 Å². The number of nitrogen functional groups attached to an aromatic ring is 2. The Hall–Kier alpha value is -2.62. The van der Waals surface area contributed by atoms with Crippen molar-refractivity contribution in [3.05, 3.63) is 75.8 Å².